The average Bonchev–Trinajstić information content (AvgIpc) is 2.99. The molecule has 0 radical (unpaired) electrons. The molecular weight excluding hydrogens is 316 g/mol. The summed E-state index contributed by atoms with van der Waals surface area (Å²) in [5, 5.41) is 20.2. The Morgan fingerprint density at radius 1 is 1.39 bits per heavy atom. The van der Waals surface area contributed by atoms with Crippen LogP contribution in [0.1, 0.15) is 19.0 Å². The van der Waals surface area contributed by atoms with Gasteiger partial charge in [0, 0.05) is 30.1 Å². The van der Waals surface area contributed by atoms with E-state index in [1.54, 1.807) is 12.1 Å². The number of thiazole rings is 1. The number of benzene rings is 1. The molecule has 8 heteroatoms. The van der Waals surface area contributed by atoms with Crippen LogP contribution in [0.4, 0.5) is 16.5 Å². The van der Waals surface area contributed by atoms with E-state index in [0.29, 0.717) is 5.69 Å². The van der Waals surface area contributed by atoms with Crippen LogP contribution in [0.3, 0.4) is 0 Å². The zero-order chi connectivity index (χ0) is 16.7. The normalized spacial score (nSPS) is 10.5. The lowest BCUT2D eigenvalue weighted by atomic mass is 10.2. The van der Waals surface area contributed by atoms with E-state index in [9.17, 15) is 10.1 Å². The number of anilines is 2. The predicted molar refractivity (Wildman–Crippen MR) is 91.9 cm³/mol. The number of methoxy groups -OCH3 is 1. The fourth-order valence-electron chi connectivity index (χ4n) is 2.03. The van der Waals surface area contributed by atoms with Gasteiger partial charge in [-0.15, -0.1) is 11.3 Å². The molecule has 0 atom stereocenters. The molecule has 0 aliphatic heterocycles. The molecule has 0 fully saturated rings. The maximum atomic E-state index is 11.0. The largest absolute Gasteiger partial charge is 0.490 e. The van der Waals surface area contributed by atoms with Crippen LogP contribution in [-0.4, -0.2) is 30.1 Å². The van der Waals surface area contributed by atoms with Crippen LogP contribution in [-0.2, 0) is 6.42 Å². The van der Waals surface area contributed by atoms with E-state index < -0.39 is 4.92 Å². The fraction of sp³-hybridized carbons (Fsp3) is 0.400. The van der Waals surface area contributed by atoms with Gasteiger partial charge < -0.3 is 15.4 Å². The summed E-state index contributed by atoms with van der Waals surface area (Å²) in [6.45, 7) is 4.03. The van der Waals surface area contributed by atoms with Crippen LogP contribution in [0, 0.1) is 10.1 Å². The van der Waals surface area contributed by atoms with Gasteiger partial charge in [0.15, 0.2) is 10.9 Å². The molecule has 0 aliphatic carbocycles. The number of nitro benzene ring substituents is 1. The molecule has 0 amide bonds. The molecule has 0 spiro atoms. The van der Waals surface area contributed by atoms with Gasteiger partial charge in [-0.2, -0.15) is 0 Å². The van der Waals surface area contributed by atoms with Crippen molar-refractivity contribution in [3.63, 3.8) is 0 Å². The van der Waals surface area contributed by atoms with Crippen LogP contribution >= 0.6 is 11.3 Å². The van der Waals surface area contributed by atoms with Crippen LogP contribution in [0.25, 0.3) is 0 Å². The number of aromatic nitrogens is 1. The highest BCUT2D eigenvalue weighted by molar-refractivity contribution is 7.13. The van der Waals surface area contributed by atoms with Gasteiger partial charge in [-0.25, -0.2) is 4.98 Å². The van der Waals surface area contributed by atoms with Gasteiger partial charge in [0.1, 0.15) is 0 Å². The number of hydrogen-bond acceptors (Lipinski definition) is 7. The van der Waals surface area contributed by atoms with Crippen LogP contribution in [0.15, 0.2) is 23.6 Å². The summed E-state index contributed by atoms with van der Waals surface area (Å²) in [7, 11) is 1.41. The van der Waals surface area contributed by atoms with Gasteiger partial charge in [-0.05, 0) is 25.1 Å². The second-order valence-corrected chi connectivity index (χ2v) is 5.77. The van der Waals surface area contributed by atoms with Crippen LogP contribution in [0.2, 0.25) is 0 Å². The van der Waals surface area contributed by atoms with Crippen LogP contribution in [0.5, 0.6) is 5.75 Å². The molecular formula is C15H20N4O3S. The number of ether oxygens (including phenoxy) is 1. The third-order valence-corrected chi connectivity index (χ3v) is 3.97. The Morgan fingerprint density at radius 3 is 2.91 bits per heavy atom. The Balaban J connectivity index is 2.01. The molecule has 1 aromatic heterocycles. The molecule has 0 bridgehead atoms. The Bertz CT molecular complexity index is 660. The summed E-state index contributed by atoms with van der Waals surface area (Å²) in [6, 6.07) is 4.75. The molecule has 124 valence electrons. The number of nitro groups is 1. The standard InChI is InChI=1S/C15H20N4O3S/c1-3-7-16-8-6-12-10-23-15(18-12)17-11-4-5-14(22-2)13(9-11)19(20)21/h4-5,9-10,16H,3,6-8H2,1-2H3,(H,17,18). The fourth-order valence-corrected chi connectivity index (χ4v) is 2.80. The van der Waals surface area contributed by atoms with E-state index in [1.165, 1.54) is 24.5 Å². The maximum absolute atomic E-state index is 11.0. The lowest BCUT2D eigenvalue weighted by molar-refractivity contribution is -0.385. The Labute approximate surface area is 138 Å². The van der Waals surface area contributed by atoms with E-state index in [1.807, 2.05) is 5.38 Å². The Kier molecular flexibility index (Phi) is 6.30. The van der Waals surface area contributed by atoms with Crippen molar-refractivity contribution >= 4 is 27.8 Å². The smallest absolute Gasteiger partial charge is 0.312 e. The molecule has 0 saturated carbocycles. The van der Waals surface area contributed by atoms with Gasteiger partial charge in [-0.1, -0.05) is 6.92 Å². The SMILES string of the molecule is CCCNCCc1csc(Nc2ccc(OC)c([N+](=O)[O-])c2)n1. The topological polar surface area (TPSA) is 89.3 Å². The molecule has 1 aromatic carbocycles. The van der Waals surface area contributed by atoms with E-state index in [-0.39, 0.29) is 11.4 Å². The average molecular weight is 336 g/mol. The van der Waals surface area contributed by atoms with E-state index >= 15 is 0 Å². The quantitative estimate of drug-likeness (QED) is 0.415. The first kappa shape index (κ1) is 17.2. The van der Waals surface area contributed by atoms with Crippen molar-refractivity contribution in [2.75, 3.05) is 25.5 Å². The molecule has 0 unspecified atom stereocenters. The zero-order valence-corrected chi connectivity index (χ0v) is 14.0. The number of rotatable bonds is 9. The Morgan fingerprint density at radius 2 is 2.22 bits per heavy atom. The number of hydrogen-bond donors (Lipinski definition) is 2. The van der Waals surface area contributed by atoms with Gasteiger partial charge in [-0.3, -0.25) is 10.1 Å². The highest BCUT2D eigenvalue weighted by Gasteiger charge is 2.15. The third-order valence-electron chi connectivity index (χ3n) is 3.16. The lowest BCUT2D eigenvalue weighted by Crippen LogP contribution is -2.17. The second kappa shape index (κ2) is 8.44. The highest BCUT2D eigenvalue weighted by atomic mass is 32.1. The molecule has 1 heterocycles. The van der Waals surface area contributed by atoms with Crippen molar-refractivity contribution in [1.29, 1.82) is 0 Å². The van der Waals surface area contributed by atoms with Gasteiger partial charge in [0.25, 0.3) is 0 Å². The first-order chi connectivity index (χ1) is 11.1. The minimum Gasteiger partial charge on any atom is -0.490 e. The van der Waals surface area contributed by atoms with Gasteiger partial charge >= 0.3 is 5.69 Å². The van der Waals surface area contributed by atoms with Crippen molar-refractivity contribution in [2.45, 2.75) is 19.8 Å². The second-order valence-electron chi connectivity index (χ2n) is 4.91. The van der Waals surface area contributed by atoms with Crippen LogP contribution < -0.4 is 15.4 Å². The van der Waals surface area contributed by atoms with E-state index in [2.05, 4.69) is 22.5 Å². The molecule has 2 aromatic rings. The van der Waals surface area contributed by atoms with Crippen molar-refractivity contribution < 1.29 is 9.66 Å². The third kappa shape index (κ3) is 4.90. The minimum atomic E-state index is -0.462. The van der Waals surface area contributed by atoms with Crippen molar-refractivity contribution in [1.82, 2.24) is 10.3 Å². The Hall–Kier alpha value is -2.19. The molecule has 7 nitrogen and oxygen atoms in total. The zero-order valence-electron chi connectivity index (χ0n) is 13.2. The minimum absolute atomic E-state index is 0.0713. The molecule has 0 saturated heterocycles. The van der Waals surface area contributed by atoms with Crippen molar-refractivity contribution in [2.24, 2.45) is 0 Å². The lowest BCUT2D eigenvalue weighted by Gasteiger charge is -2.05. The monoisotopic (exact) mass is 336 g/mol. The van der Waals surface area contributed by atoms with Crippen molar-refractivity contribution in [3.05, 3.63) is 39.4 Å². The maximum Gasteiger partial charge on any atom is 0.312 e. The summed E-state index contributed by atoms with van der Waals surface area (Å²) in [5.74, 6) is 0.238. The molecule has 2 N–H and O–H groups in total. The van der Waals surface area contributed by atoms with Gasteiger partial charge in [0.05, 0.1) is 17.7 Å². The van der Waals surface area contributed by atoms with E-state index in [4.69, 9.17) is 4.74 Å². The van der Waals surface area contributed by atoms with Gasteiger partial charge in [0.2, 0.25) is 0 Å². The number of nitrogens with one attached hydrogen (secondary N) is 2. The summed E-state index contributed by atoms with van der Waals surface area (Å²) in [4.78, 5) is 15.1. The first-order valence-electron chi connectivity index (χ1n) is 7.38. The summed E-state index contributed by atoms with van der Waals surface area (Å²) >= 11 is 1.48. The number of nitrogens with zero attached hydrogens (tertiary/aromatic N) is 2. The summed E-state index contributed by atoms with van der Waals surface area (Å²) < 4.78 is 4.99. The van der Waals surface area contributed by atoms with E-state index in [0.717, 1.165) is 36.8 Å². The summed E-state index contributed by atoms with van der Waals surface area (Å²) in [5.41, 5.74) is 1.55. The molecule has 23 heavy (non-hydrogen) atoms. The summed E-state index contributed by atoms with van der Waals surface area (Å²) in [6.07, 6.45) is 1.97. The molecule has 2 rings (SSSR count). The highest BCUT2D eigenvalue weighted by Crippen LogP contribution is 2.31. The van der Waals surface area contributed by atoms with Crippen molar-refractivity contribution in [3.8, 4) is 5.75 Å². The molecule has 0 aliphatic rings. The predicted octanol–water partition coefficient (Wildman–Crippen LogP) is 3.35. The first-order valence-corrected chi connectivity index (χ1v) is 8.26.